The highest BCUT2D eigenvalue weighted by molar-refractivity contribution is 6.01. The Kier molecular flexibility index (Phi) is 5.62. The Balaban J connectivity index is 1.42. The number of imide groups is 1. The van der Waals surface area contributed by atoms with Crippen molar-refractivity contribution in [2.75, 3.05) is 7.05 Å². The second kappa shape index (κ2) is 8.51. The van der Waals surface area contributed by atoms with Crippen molar-refractivity contribution in [1.29, 1.82) is 0 Å². The molecule has 8 nitrogen and oxygen atoms in total. The minimum atomic E-state index is -0.145. The van der Waals surface area contributed by atoms with Crippen LogP contribution in [-0.4, -0.2) is 49.3 Å². The summed E-state index contributed by atoms with van der Waals surface area (Å²) in [5.74, 6) is -0.394. The van der Waals surface area contributed by atoms with Crippen LogP contribution in [0.5, 0.6) is 0 Å². The van der Waals surface area contributed by atoms with Crippen molar-refractivity contribution in [3.63, 3.8) is 0 Å². The van der Waals surface area contributed by atoms with Crippen LogP contribution in [0.25, 0.3) is 5.69 Å². The molecule has 1 saturated heterocycles. The van der Waals surface area contributed by atoms with Gasteiger partial charge in [-0.15, -0.1) is 0 Å². The zero-order valence-electron chi connectivity index (χ0n) is 17.4. The van der Waals surface area contributed by atoms with Crippen LogP contribution in [0.4, 0.5) is 0 Å². The first kappa shape index (κ1) is 20.5. The predicted octanol–water partition coefficient (Wildman–Crippen LogP) is 2.75. The van der Waals surface area contributed by atoms with Gasteiger partial charge in [0.1, 0.15) is 12.7 Å². The topological polar surface area (TPSA) is 88.4 Å². The first-order valence-corrected chi connectivity index (χ1v) is 10.1. The molecule has 1 atom stereocenters. The van der Waals surface area contributed by atoms with Gasteiger partial charge in [0.25, 0.3) is 5.91 Å². The summed E-state index contributed by atoms with van der Waals surface area (Å²) >= 11 is 0. The fourth-order valence-electron chi connectivity index (χ4n) is 3.58. The molecule has 4 rings (SSSR count). The number of aromatic nitrogens is 3. The predicted molar refractivity (Wildman–Crippen MR) is 113 cm³/mol. The van der Waals surface area contributed by atoms with Gasteiger partial charge in [-0.2, -0.15) is 5.10 Å². The Labute approximate surface area is 180 Å². The number of carbonyl (C=O) groups excluding carboxylic acids is 3. The number of amides is 3. The van der Waals surface area contributed by atoms with E-state index in [4.69, 9.17) is 0 Å². The maximum atomic E-state index is 13.0. The van der Waals surface area contributed by atoms with E-state index < -0.39 is 0 Å². The third kappa shape index (κ3) is 4.23. The number of nitrogens with zero attached hydrogens (tertiary/aromatic N) is 5. The lowest BCUT2D eigenvalue weighted by Gasteiger charge is -2.26. The van der Waals surface area contributed by atoms with E-state index in [1.165, 1.54) is 11.2 Å². The summed E-state index contributed by atoms with van der Waals surface area (Å²) < 4.78 is 1.67. The van der Waals surface area contributed by atoms with E-state index in [1.807, 2.05) is 31.2 Å². The van der Waals surface area contributed by atoms with Gasteiger partial charge in [0, 0.05) is 25.5 Å². The van der Waals surface area contributed by atoms with Gasteiger partial charge in [-0.3, -0.25) is 19.3 Å². The minimum Gasteiger partial charge on any atom is -0.335 e. The van der Waals surface area contributed by atoms with Gasteiger partial charge in [-0.05, 0) is 42.3 Å². The first-order chi connectivity index (χ1) is 14.9. The Hall–Kier alpha value is -3.81. The van der Waals surface area contributed by atoms with Gasteiger partial charge in [0.2, 0.25) is 11.8 Å². The van der Waals surface area contributed by atoms with Crippen molar-refractivity contribution < 1.29 is 14.4 Å². The second-order valence-corrected chi connectivity index (χ2v) is 7.59. The molecule has 3 aromatic rings. The number of rotatable bonds is 6. The molecule has 2 aromatic carbocycles. The van der Waals surface area contributed by atoms with Crippen molar-refractivity contribution in [2.45, 2.75) is 32.4 Å². The summed E-state index contributed by atoms with van der Waals surface area (Å²) in [6.07, 6.45) is 3.66. The van der Waals surface area contributed by atoms with Crippen molar-refractivity contribution >= 4 is 17.7 Å². The lowest BCUT2D eigenvalue weighted by molar-refractivity contribution is -0.139. The van der Waals surface area contributed by atoms with Crippen molar-refractivity contribution in [3.05, 3.63) is 77.9 Å². The van der Waals surface area contributed by atoms with Gasteiger partial charge in [0.05, 0.1) is 18.3 Å². The largest absolute Gasteiger partial charge is 0.335 e. The molecule has 0 radical (unpaired) electrons. The molecular weight excluding hydrogens is 394 g/mol. The summed E-state index contributed by atoms with van der Waals surface area (Å²) in [6.45, 7) is 2.22. The van der Waals surface area contributed by atoms with E-state index in [0.717, 1.165) is 16.8 Å². The molecule has 0 spiro atoms. The fourth-order valence-corrected chi connectivity index (χ4v) is 3.58. The molecule has 1 aliphatic heterocycles. The lowest BCUT2D eigenvalue weighted by Crippen LogP contribution is -2.30. The van der Waals surface area contributed by atoms with Gasteiger partial charge in [0.15, 0.2) is 0 Å². The first-order valence-electron chi connectivity index (χ1n) is 10.1. The van der Waals surface area contributed by atoms with Crippen LogP contribution in [0.15, 0.2) is 61.2 Å². The monoisotopic (exact) mass is 417 g/mol. The zero-order valence-corrected chi connectivity index (χ0v) is 17.4. The molecule has 1 unspecified atom stereocenters. The number of likely N-dealkylation sites (tertiary alicyclic amines) is 1. The van der Waals surface area contributed by atoms with Gasteiger partial charge < -0.3 is 4.90 Å². The van der Waals surface area contributed by atoms with E-state index in [0.29, 0.717) is 5.56 Å². The van der Waals surface area contributed by atoms with Gasteiger partial charge in [-0.25, -0.2) is 9.67 Å². The Morgan fingerprint density at radius 1 is 1.03 bits per heavy atom. The van der Waals surface area contributed by atoms with E-state index in [1.54, 1.807) is 47.2 Å². The number of carbonyl (C=O) groups is 3. The number of hydrogen-bond acceptors (Lipinski definition) is 5. The second-order valence-electron chi connectivity index (χ2n) is 7.59. The molecule has 1 aliphatic rings. The summed E-state index contributed by atoms with van der Waals surface area (Å²) in [5, 5.41) is 4.11. The molecule has 1 fully saturated rings. The minimum absolute atomic E-state index is 0.104. The molecule has 0 saturated carbocycles. The van der Waals surface area contributed by atoms with Crippen LogP contribution in [0.3, 0.4) is 0 Å². The van der Waals surface area contributed by atoms with Crippen LogP contribution in [0, 0.1) is 0 Å². The van der Waals surface area contributed by atoms with Crippen LogP contribution >= 0.6 is 0 Å². The van der Waals surface area contributed by atoms with E-state index in [2.05, 4.69) is 10.1 Å². The van der Waals surface area contributed by atoms with Crippen molar-refractivity contribution in [1.82, 2.24) is 24.6 Å². The van der Waals surface area contributed by atoms with E-state index in [-0.39, 0.29) is 43.1 Å². The van der Waals surface area contributed by atoms with E-state index in [9.17, 15) is 14.4 Å². The highest BCUT2D eigenvalue weighted by atomic mass is 16.2. The average Bonchev–Trinajstić information content (AvgIpc) is 3.44. The van der Waals surface area contributed by atoms with E-state index >= 15 is 0 Å². The quantitative estimate of drug-likeness (QED) is 0.576. The molecule has 31 heavy (non-hydrogen) atoms. The molecule has 1 aromatic heterocycles. The summed E-state index contributed by atoms with van der Waals surface area (Å²) in [7, 11) is 1.77. The summed E-state index contributed by atoms with van der Waals surface area (Å²) in [6, 6.07) is 14.7. The normalized spacial score (nSPS) is 14.7. The van der Waals surface area contributed by atoms with Crippen molar-refractivity contribution in [2.24, 2.45) is 0 Å². The van der Waals surface area contributed by atoms with Gasteiger partial charge >= 0.3 is 0 Å². The van der Waals surface area contributed by atoms with Crippen molar-refractivity contribution in [3.8, 4) is 5.69 Å². The highest BCUT2D eigenvalue weighted by Crippen LogP contribution is 2.23. The lowest BCUT2D eigenvalue weighted by atomic mass is 10.0. The summed E-state index contributed by atoms with van der Waals surface area (Å²) in [4.78, 5) is 43.4. The SMILES string of the molecule is CC(c1ccc(-n2cncn2)cc1)N(C)C(=O)c1ccc(CN2C(=O)CCC2=O)cc1. The van der Waals surface area contributed by atoms with Gasteiger partial charge in [-0.1, -0.05) is 24.3 Å². The molecule has 0 aliphatic carbocycles. The standard InChI is InChI=1S/C23H23N5O3/c1-16(18-7-9-20(10-8-18)28-15-24-14-25-28)26(2)23(31)19-5-3-17(4-6-19)13-27-21(29)11-12-22(27)30/h3-10,14-16H,11-13H2,1-2H3. The third-order valence-electron chi connectivity index (χ3n) is 5.66. The molecular formula is C23H23N5O3. The maximum absolute atomic E-state index is 13.0. The number of benzene rings is 2. The van der Waals surface area contributed by atoms with Crippen LogP contribution in [0.2, 0.25) is 0 Å². The van der Waals surface area contributed by atoms with Crippen LogP contribution in [-0.2, 0) is 16.1 Å². The zero-order chi connectivity index (χ0) is 22.0. The summed E-state index contributed by atoms with van der Waals surface area (Å²) in [5.41, 5.74) is 3.27. The molecule has 158 valence electrons. The molecule has 3 amide bonds. The molecule has 8 heteroatoms. The highest BCUT2D eigenvalue weighted by Gasteiger charge is 2.28. The average molecular weight is 417 g/mol. The molecule has 0 N–H and O–H groups in total. The molecule has 0 bridgehead atoms. The number of hydrogen-bond donors (Lipinski definition) is 0. The smallest absolute Gasteiger partial charge is 0.254 e. The Morgan fingerprint density at radius 2 is 1.68 bits per heavy atom. The maximum Gasteiger partial charge on any atom is 0.254 e. The molecule has 2 heterocycles. The van der Waals surface area contributed by atoms with Crippen LogP contribution < -0.4 is 0 Å². The third-order valence-corrected chi connectivity index (χ3v) is 5.66. The fraction of sp³-hybridized carbons (Fsp3) is 0.261. The van der Waals surface area contributed by atoms with Crippen LogP contribution in [0.1, 0.15) is 47.3 Å². The Morgan fingerprint density at radius 3 is 2.26 bits per heavy atom. The Bertz CT molecular complexity index is 1080.